The minimum absolute atomic E-state index is 0.470. The van der Waals surface area contributed by atoms with Gasteiger partial charge < -0.3 is 4.90 Å². The standard InChI is InChI=1S/C7H8F3N3O/c1-13(2)6(14)4-3-11-12-5(4)7(8,9)10/h3H,1-2H3,(H,11,12). The quantitative estimate of drug-likeness (QED) is 0.750. The largest absolute Gasteiger partial charge is 0.433 e. The van der Waals surface area contributed by atoms with Crippen molar-refractivity contribution in [2.75, 3.05) is 14.1 Å². The molecule has 7 heteroatoms. The Morgan fingerprint density at radius 1 is 1.50 bits per heavy atom. The van der Waals surface area contributed by atoms with E-state index in [1.807, 2.05) is 0 Å². The summed E-state index contributed by atoms with van der Waals surface area (Å²) >= 11 is 0. The van der Waals surface area contributed by atoms with Crippen molar-refractivity contribution in [3.63, 3.8) is 0 Å². The Morgan fingerprint density at radius 2 is 2.07 bits per heavy atom. The molecule has 78 valence electrons. The fourth-order valence-electron chi connectivity index (χ4n) is 0.905. The van der Waals surface area contributed by atoms with Gasteiger partial charge in [-0.15, -0.1) is 0 Å². The monoisotopic (exact) mass is 207 g/mol. The minimum atomic E-state index is -4.59. The highest BCUT2D eigenvalue weighted by Gasteiger charge is 2.37. The maximum absolute atomic E-state index is 12.3. The lowest BCUT2D eigenvalue weighted by Crippen LogP contribution is -2.24. The van der Waals surface area contributed by atoms with Crippen LogP contribution >= 0.6 is 0 Å². The van der Waals surface area contributed by atoms with E-state index < -0.39 is 23.3 Å². The molecule has 0 saturated carbocycles. The van der Waals surface area contributed by atoms with Crippen LogP contribution in [-0.2, 0) is 6.18 Å². The molecule has 0 aliphatic carbocycles. The Bertz CT molecular complexity index is 342. The number of hydrogen-bond acceptors (Lipinski definition) is 2. The molecule has 1 rings (SSSR count). The van der Waals surface area contributed by atoms with Crippen molar-refractivity contribution in [1.29, 1.82) is 0 Å². The van der Waals surface area contributed by atoms with E-state index in [9.17, 15) is 18.0 Å². The van der Waals surface area contributed by atoms with Crippen LogP contribution in [-0.4, -0.2) is 35.1 Å². The van der Waals surface area contributed by atoms with Gasteiger partial charge in [0.25, 0.3) is 5.91 Å². The fourth-order valence-corrected chi connectivity index (χ4v) is 0.905. The van der Waals surface area contributed by atoms with Crippen molar-refractivity contribution in [2.45, 2.75) is 6.18 Å². The molecule has 0 aromatic carbocycles. The summed E-state index contributed by atoms with van der Waals surface area (Å²) in [7, 11) is 2.74. The number of nitrogens with one attached hydrogen (secondary N) is 1. The van der Waals surface area contributed by atoms with Crippen LogP contribution in [0.2, 0.25) is 0 Å². The van der Waals surface area contributed by atoms with Gasteiger partial charge in [0.1, 0.15) is 0 Å². The molecule has 0 spiro atoms. The van der Waals surface area contributed by atoms with E-state index in [1.54, 1.807) is 5.10 Å². The summed E-state index contributed by atoms with van der Waals surface area (Å²) < 4.78 is 36.8. The lowest BCUT2D eigenvalue weighted by molar-refractivity contribution is -0.141. The van der Waals surface area contributed by atoms with Crippen molar-refractivity contribution in [3.05, 3.63) is 17.5 Å². The average molecular weight is 207 g/mol. The summed E-state index contributed by atoms with van der Waals surface area (Å²) in [6.07, 6.45) is -3.72. The lowest BCUT2D eigenvalue weighted by Gasteiger charge is -2.11. The first-order chi connectivity index (χ1) is 6.34. The molecule has 0 bridgehead atoms. The van der Waals surface area contributed by atoms with Gasteiger partial charge in [0.15, 0.2) is 5.69 Å². The Hall–Kier alpha value is -1.53. The van der Waals surface area contributed by atoms with E-state index in [1.165, 1.54) is 14.1 Å². The number of alkyl halides is 3. The van der Waals surface area contributed by atoms with Gasteiger partial charge in [-0.25, -0.2) is 0 Å². The highest BCUT2D eigenvalue weighted by Crippen LogP contribution is 2.30. The van der Waals surface area contributed by atoms with Crippen LogP contribution in [0.5, 0.6) is 0 Å². The topological polar surface area (TPSA) is 49.0 Å². The molecule has 1 aromatic rings. The van der Waals surface area contributed by atoms with E-state index in [4.69, 9.17) is 0 Å². The molecule has 0 radical (unpaired) electrons. The molecular formula is C7H8F3N3O. The van der Waals surface area contributed by atoms with Crippen LogP contribution in [0.15, 0.2) is 6.20 Å². The van der Waals surface area contributed by atoms with Gasteiger partial charge in [-0.3, -0.25) is 9.89 Å². The van der Waals surface area contributed by atoms with E-state index in [0.29, 0.717) is 0 Å². The second kappa shape index (κ2) is 3.32. The molecule has 1 aromatic heterocycles. The van der Waals surface area contributed by atoms with Crippen LogP contribution in [0.1, 0.15) is 16.1 Å². The van der Waals surface area contributed by atoms with Crippen molar-refractivity contribution in [3.8, 4) is 0 Å². The number of halogens is 3. The van der Waals surface area contributed by atoms with Gasteiger partial charge in [-0.05, 0) is 0 Å². The molecule has 0 unspecified atom stereocenters. The van der Waals surface area contributed by atoms with Crippen LogP contribution in [0.4, 0.5) is 13.2 Å². The third kappa shape index (κ3) is 1.86. The Balaban J connectivity index is 3.12. The number of rotatable bonds is 1. The molecule has 0 saturated heterocycles. The number of aromatic nitrogens is 2. The normalized spacial score (nSPS) is 11.5. The molecular weight excluding hydrogens is 199 g/mol. The third-order valence-electron chi connectivity index (χ3n) is 1.56. The first-order valence-electron chi connectivity index (χ1n) is 3.66. The van der Waals surface area contributed by atoms with Gasteiger partial charge in [0.2, 0.25) is 0 Å². The predicted molar refractivity (Wildman–Crippen MR) is 41.6 cm³/mol. The van der Waals surface area contributed by atoms with E-state index in [-0.39, 0.29) is 0 Å². The molecule has 0 aliphatic rings. The van der Waals surface area contributed by atoms with Crippen LogP contribution in [0.3, 0.4) is 0 Å². The average Bonchev–Trinajstić information content (AvgIpc) is 2.48. The highest BCUT2D eigenvalue weighted by molar-refractivity contribution is 5.94. The van der Waals surface area contributed by atoms with Gasteiger partial charge in [0, 0.05) is 14.1 Å². The molecule has 1 N–H and O–H groups in total. The number of carbonyl (C=O) groups excluding carboxylic acids is 1. The number of aromatic amines is 1. The summed E-state index contributed by atoms with van der Waals surface area (Å²) in [6, 6.07) is 0. The zero-order valence-corrected chi connectivity index (χ0v) is 7.51. The van der Waals surface area contributed by atoms with Crippen molar-refractivity contribution < 1.29 is 18.0 Å². The molecule has 14 heavy (non-hydrogen) atoms. The molecule has 4 nitrogen and oxygen atoms in total. The second-order valence-electron chi connectivity index (χ2n) is 2.86. The molecule has 0 aliphatic heterocycles. The second-order valence-corrected chi connectivity index (χ2v) is 2.86. The first kappa shape index (κ1) is 10.6. The number of carbonyl (C=O) groups is 1. The number of H-pyrrole nitrogens is 1. The van der Waals surface area contributed by atoms with Gasteiger partial charge in [-0.2, -0.15) is 18.3 Å². The molecule has 1 amide bonds. The first-order valence-corrected chi connectivity index (χ1v) is 3.66. The van der Waals surface area contributed by atoms with Gasteiger partial charge in [0.05, 0.1) is 11.8 Å². The van der Waals surface area contributed by atoms with Crippen molar-refractivity contribution in [2.24, 2.45) is 0 Å². The Morgan fingerprint density at radius 3 is 2.50 bits per heavy atom. The lowest BCUT2D eigenvalue weighted by atomic mass is 10.2. The van der Waals surface area contributed by atoms with Crippen LogP contribution in [0.25, 0.3) is 0 Å². The third-order valence-corrected chi connectivity index (χ3v) is 1.56. The molecule has 0 atom stereocenters. The van der Waals surface area contributed by atoms with Crippen molar-refractivity contribution in [1.82, 2.24) is 15.1 Å². The van der Waals surface area contributed by atoms with Crippen molar-refractivity contribution >= 4 is 5.91 Å². The fraction of sp³-hybridized carbons (Fsp3) is 0.429. The van der Waals surface area contributed by atoms with E-state index in [2.05, 4.69) is 5.10 Å². The SMILES string of the molecule is CN(C)C(=O)c1cn[nH]c1C(F)(F)F. The summed E-state index contributed by atoms with van der Waals surface area (Å²) in [5.74, 6) is -0.730. The number of amides is 1. The Kier molecular flexibility index (Phi) is 2.50. The van der Waals surface area contributed by atoms with Crippen LogP contribution in [0, 0.1) is 0 Å². The Labute approximate surface area is 77.7 Å². The van der Waals surface area contributed by atoms with Crippen LogP contribution < -0.4 is 0 Å². The minimum Gasteiger partial charge on any atom is -0.345 e. The highest BCUT2D eigenvalue weighted by atomic mass is 19.4. The van der Waals surface area contributed by atoms with E-state index in [0.717, 1.165) is 11.1 Å². The van der Waals surface area contributed by atoms with Gasteiger partial charge >= 0.3 is 6.18 Å². The summed E-state index contributed by atoms with van der Waals surface area (Å²) in [5, 5.41) is 4.96. The maximum Gasteiger partial charge on any atom is 0.433 e. The molecule has 0 fully saturated rings. The summed E-state index contributed by atoms with van der Waals surface area (Å²) in [4.78, 5) is 12.3. The summed E-state index contributed by atoms with van der Waals surface area (Å²) in [6.45, 7) is 0. The zero-order chi connectivity index (χ0) is 10.9. The molecule has 1 heterocycles. The van der Waals surface area contributed by atoms with E-state index >= 15 is 0 Å². The number of nitrogens with zero attached hydrogens (tertiary/aromatic N) is 2. The maximum atomic E-state index is 12.3. The van der Waals surface area contributed by atoms with Gasteiger partial charge in [-0.1, -0.05) is 0 Å². The number of hydrogen-bond donors (Lipinski definition) is 1. The predicted octanol–water partition coefficient (Wildman–Crippen LogP) is 1.13. The zero-order valence-electron chi connectivity index (χ0n) is 7.51. The summed E-state index contributed by atoms with van der Waals surface area (Å²) in [5.41, 5.74) is -1.58. The smallest absolute Gasteiger partial charge is 0.345 e.